The van der Waals surface area contributed by atoms with Crippen molar-refractivity contribution in [3.8, 4) is 0 Å². The summed E-state index contributed by atoms with van der Waals surface area (Å²) in [5, 5.41) is 8.47. The molecule has 58 valence electrons. The molecule has 0 heterocycles. The van der Waals surface area contributed by atoms with Crippen LogP contribution in [0.25, 0.3) is 0 Å². The van der Waals surface area contributed by atoms with Gasteiger partial charge in [-0.05, 0) is 27.5 Å². The molecular formula is C5H10NO2PS. The Balaban J connectivity index is 3.60. The summed E-state index contributed by atoms with van der Waals surface area (Å²) in [6.07, 6.45) is 2.52. The van der Waals surface area contributed by atoms with E-state index in [9.17, 15) is 4.79 Å². The zero-order valence-electron chi connectivity index (χ0n) is 5.70. The summed E-state index contributed by atoms with van der Waals surface area (Å²) in [5.41, 5.74) is 0. The Hall–Kier alpha value is -0.0800. The summed E-state index contributed by atoms with van der Waals surface area (Å²) in [6.45, 7) is 0. The molecule has 0 saturated heterocycles. The van der Waals surface area contributed by atoms with E-state index in [1.807, 2.05) is 6.26 Å². The van der Waals surface area contributed by atoms with Crippen LogP contribution in [0.2, 0.25) is 0 Å². The summed E-state index contributed by atoms with van der Waals surface area (Å²) in [6, 6.07) is -0.593. The lowest BCUT2D eigenvalue weighted by Gasteiger charge is -2.02. The van der Waals surface area contributed by atoms with Crippen LogP contribution in [0.15, 0.2) is 4.74 Å². The average molecular weight is 179 g/mol. The van der Waals surface area contributed by atoms with Gasteiger partial charge in [0.25, 0.3) is 0 Å². The van der Waals surface area contributed by atoms with Crippen LogP contribution in [0.1, 0.15) is 6.42 Å². The first-order chi connectivity index (χ1) is 4.72. The molecule has 0 fully saturated rings. The molecule has 0 aliphatic carbocycles. The molecule has 0 aliphatic rings. The lowest BCUT2D eigenvalue weighted by molar-refractivity contribution is -0.138. The Morgan fingerprint density at radius 1 is 1.90 bits per heavy atom. The number of hydrogen-bond donors (Lipinski definition) is 1. The fraction of sp³-hybridized carbons (Fsp3) is 0.800. The fourth-order valence-corrected chi connectivity index (χ4v) is 1.17. The highest BCUT2D eigenvalue weighted by molar-refractivity contribution is 7.98. The Bertz CT molecular complexity index is 131. The molecule has 0 aliphatic heterocycles. The largest absolute Gasteiger partial charge is 0.480 e. The Labute approximate surface area is 66.5 Å². The van der Waals surface area contributed by atoms with Gasteiger partial charge in [-0.25, -0.2) is 4.79 Å². The first kappa shape index (κ1) is 9.92. The van der Waals surface area contributed by atoms with Gasteiger partial charge in [0, 0.05) is 0 Å². The van der Waals surface area contributed by atoms with Crippen LogP contribution < -0.4 is 0 Å². The number of thioether (sulfide) groups is 1. The van der Waals surface area contributed by atoms with E-state index in [4.69, 9.17) is 5.11 Å². The van der Waals surface area contributed by atoms with Crippen LogP contribution in [0.4, 0.5) is 0 Å². The lowest BCUT2D eigenvalue weighted by atomic mass is 10.2. The lowest BCUT2D eigenvalue weighted by Crippen LogP contribution is -2.17. The number of nitrogens with zero attached hydrogens (tertiary/aromatic N) is 1. The van der Waals surface area contributed by atoms with Gasteiger partial charge in [0.05, 0.1) is 0 Å². The van der Waals surface area contributed by atoms with E-state index in [1.165, 1.54) is 0 Å². The predicted molar refractivity (Wildman–Crippen MR) is 45.2 cm³/mol. The van der Waals surface area contributed by atoms with Gasteiger partial charge in [-0.15, -0.1) is 0 Å². The monoisotopic (exact) mass is 179 g/mol. The predicted octanol–water partition coefficient (Wildman–Crippen LogP) is 1.52. The van der Waals surface area contributed by atoms with E-state index in [2.05, 4.69) is 13.8 Å². The van der Waals surface area contributed by atoms with Gasteiger partial charge in [0.1, 0.15) is 0 Å². The molecule has 0 amide bonds. The number of carbonyl (C=O) groups is 1. The molecule has 3 nitrogen and oxygen atoms in total. The number of carboxylic acids is 1. The maximum atomic E-state index is 10.3. The molecule has 0 rings (SSSR count). The van der Waals surface area contributed by atoms with Crippen LogP contribution >= 0.6 is 20.8 Å². The molecule has 0 aromatic rings. The van der Waals surface area contributed by atoms with Gasteiger partial charge >= 0.3 is 5.97 Å². The molecule has 0 saturated carbocycles. The van der Waals surface area contributed by atoms with E-state index < -0.39 is 12.0 Å². The maximum absolute atomic E-state index is 10.3. The van der Waals surface area contributed by atoms with Crippen molar-refractivity contribution in [2.45, 2.75) is 12.5 Å². The van der Waals surface area contributed by atoms with Crippen molar-refractivity contribution in [3.63, 3.8) is 0 Å². The molecule has 0 radical (unpaired) electrons. The van der Waals surface area contributed by atoms with Crippen molar-refractivity contribution >= 4 is 26.8 Å². The first-order valence-corrected chi connectivity index (χ1v) is 4.64. The van der Waals surface area contributed by atoms with Crippen molar-refractivity contribution in [1.82, 2.24) is 0 Å². The quantitative estimate of drug-likeness (QED) is 0.651. The molecule has 1 N–H and O–H groups in total. The van der Waals surface area contributed by atoms with E-state index in [0.717, 1.165) is 5.75 Å². The Morgan fingerprint density at radius 3 is 2.80 bits per heavy atom. The number of rotatable bonds is 5. The van der Waals surface area contributed by atoms with Crippen molar-refractivity contribution in [2.24, 2.45) is 4.74 Å². The highest BCUT2D eigenvalue weighted by atomic mass is 32.2. The summed E-state index contributed by atoms with van der Waals surface area (Å²) >= 11 is 1.62. The van der Waals surface area contributed by atoms with Crippen LogP contribution in [-0.2, 0) is 4.79 Å². The minimum atomic E-state index is -0.871. The Morgan fingerprint density at radius 2 is 2.50 bits per heavy atom. The zero-order chi connectivity index (χ0) is 7.98. The third-order valence-corrected chi connectivity index (χ3v) is 1.99. The first-order valence-electron chi connectivity index (χ1n) is 2.80. The smallest absolute Gasteiger partial charge is 0.328 e. The second-order valence-corrected chi connectivity index (χ2v) is 3.01. The van der Waals surface area contributed by atoms with Gasteiger partial charge in [0.15, 0.2) is 6.04 Å². The highest BCUT2D eigenvalue weighted by Gasteiger charge is 2.13. The molecule has 1 unspecified atom stereocenters. The minimum Gasteiger partial charge on any atom is -0.480 e. The molecule has 10 heavy (non-hydrogen) atoms. The van der Waals surface area contributed by atoms with E-state index >= 15 is 0 Å². The number of carboxylic acid groups (broad SMARTS) is 1. The summed E-state index contributed by atoms with van der Waals surface area (Å²) < 4.78 is 3.52. The zero-order valence-corrected chi connectivity index (χ0v) is 7.52. The third kappa shape index (κ3) is 3.85. The van der Waals surface area contributed by atoms with Crippen LogP contribution in [-0.4, -0.2) is 29.1 Å². The minimum absolute atomic E-state index is 0.583. The van der Waals surface area contributed by atoms with Crippen molar-refractivity contribution in [1.29, 1.82) is 0 Å². The topological polar surface area (TPSA) is 49.7 Å². The molecular weight excluding hydrogens is 169 g/mol. The highest BCUT2D eigenvalue weighted by Crippen LogP contribution is 2.05. The van der Waals surface area contributed by atoms with Crippen LogP contribution in [0, 0.1) is 0 Å². The molecule has 5 heteroatoms. The maximum Gasteiger partial charge on any atom is 0.328 e. The van der Waals surface area contributed by atoms with E-state index in [1.54, 1.807) is 11.8 Å². The second kappa shape index (κ2) is 5.69. The average Bonchev–Trinajstić information content (AvgIpc) is 1.89. The summed E-state index contributed by atoms with van der Waals surface area (Å²) in [7, 11) is 2.83. The van der Waals surface area contributed by atoms with Crippen molar-refractivity contribution < 1.29 is 9.90 Å². The fourth-order valence-electron chi connectivity index (χ4n) is 0.473. The normalized spacial score (nSPS) is 12.5. The molecule has 1 atom stereocenters. The van der Waals surface area contributed by atoms with Gasteiger partial charge in [-0.2, -0.15) is 11.8 Å². The molecule has 0 aromatic heterocycles. The SMILES string of the molecule is CSCCC(N=P)C(=O)O. The van der Waals surface area contributed by atoms with Crippen LogP contribution in [0.5, 0.6) is 0 Å². The van der Waals surface area contributed by atoms with Gasteiger partial charge in [-0.3, -0.25) is 4.74 Å². The molecule has 0 bridgehead atoms. The molecule has 0 spiro atoms. The van der Waals surface area contributed by atoms with E-state index in [0.29, 0.717) is 6.42 Å². The molecule has 0 aromatic carbocycles. The van der Waals surface area contributed by atoms with Gasteiger partial charge < -0.3 is 5.11 Å². The van der Waals surface area contributed by atoms with Crippen molar-refractivity contribution in [2.75, 3.05) is 12.0 Å². The van der Waals surface area contributed by atoms with Crippen LogP contribution in [0.3, 0.4) is 0 Å². The number of hydrogen-bond acceptors (Lipinski definition) is 3. The number of aliphatic carboxylic acids is 1. The standard InChI is InChI=1S/C5H10NO2PS/c1-10-3-2-4(6-9)5(7)8/h4,9H,2-3H2,1H3,(H,7,8). The second-order valence-electron chi connectivity index (χ2n) is 1.76. The van der Waals surface area contributed by atoms with Gasteiger partial charge in [0.2, 0.25) is 0 Å². The summed E-state index contributed by atoms with van der Waals surface area (Å²) in [5.74, 6) is -0.0469. The van der Waals surface area contributed by atoms with Crippen molar-refractivity contribution in [3.05, 3.63) is 0 Å². The third-order valence-electron chi connectivity index (χ3n) is 1.04. The van der Waals surface area contributed by atoms with E-state index in [-0.39, 0.29) is 0 Å². The van der Waals surface area contributed by atoms with Gasteiger partial charge in [-0.1, -0.05) is 0 Å². The summed E-state index contributed by atoms with van der Waals surface area (Å²) in [4.78, 5) is 10.3. The Kier molecular flexibility index (Phi) is 5.64.